The van der Waals surface area contributed by atoms with E-state index in [2.05, 4.69) is 15.3 Å². The number of aliphatic imine (C=N–C) groups is 1. The number of ether oxygens (including phenoxy) is 1. The number of benzene rings is 1. The van der Waals surface area contributed by atoms with Gasteiger partial charge in [0, 0.05) is 47.5 Å². The largest absolute Gasteiger partial charge is 0.381 e. The molecule has 6 nitrogen and oxygen atoms in total. The number of hydrogen-bond acceptors (Lipinski definition) is 7. The van der Waals surface area contributed by atoms with Gasteiger partial charge in [-0.05, 0) is 18.2 Å². The van der Waals surface area contributed by atoms with Crippen LogP contribution < -0.4 is 11.1 Å². The number of nitrogens with zero attached hydrogens (tertiary/aromatic N) is 2. The molecule has 0 saturated carbocycles. The number of amides is 1. The molecule has 1 fully saturated rings. The summed E-state index contributed by atoms with van der Waals surface area (Å²) in [5.74, 6) is 0.0890. The fraction of sp³-hybridized carbons (Fsp3) is 0.353. The van der Waals surface area contributed by atoms with Gasteiger partial charge >= 0.3 is 0 Å². The molecule has 2 aromatic rings. The minimum atomic E-state index is -0.750. The highest BCUT2D eigenvalue weighted by molar-refractivity contribution is 8.13. The Bertz CT molecular complexity index is 858. The van der Waals surface area contributed by atoms with Crippen LogP contribution in [0.5, 0.6) is 0 Å². The third-order valence-corrected chi connectivity index (χ3v) is 6.41. The van der Waals surface area contributed by atoms with Gasteiger partial charge in [0.2, 0.25) is 0 Å². The molecule has 0 radical (unpaired) electrons. The van der Waals surface area contributed by atoms with Gasteiger partial charge in [0.1, 0.15) is 5.82 Å². The van der Waals surface area contributed by atoms with Crippen LogP contribution in [0.2, 0.25) is 0 Å². The predicted molar refractivity (Wildman–Crippen MR) is 101 cm³/mol. The summed E-state index contributed by atoms with van der Waals surface area (Å²) in [6.45, 7) is 1.01. The van der Waals surface area contributed by atoms with Gasteiger partial charge in [-0.3, -0.25) is 9.79 Å². The molecule has 136 valence electrons. The first-order chi connectivity index (χ1) is 12.6. The zero-order chi connectivity index (χ0) is 18.1. The van der Waals surface area contributed by atoms with Crippen LogP contribution in [-0.4, -0.2) is 35.0 Å². The Balaban J connectivity index is 1.71. The van der Waals surface area contributed by atoms with E-state index in [9.17, 15) is 9.18 Å². The number of anilines is 1. The SMILES string of the molecule is NC1=N[C@@]2(c3cc(NC(=O)c4nccs4)ccc3F)CCOCC2CS1. The zero-order valence-corrected chi connectivity index (χ0v) is 15.4. The van der Waals surface area contributed by atoms with Crippen molar-refractivity contribution in [2.45, 2.75) is 12.0 Å². The van der Waals surface area contributed by atoms with Crippen molar-refractivity contribution in [1.82, 2.24) is 4.98 Å². The smallest absolute Gasteiger partial charge is 0.284 e. The normalized spacial score (nSPS) is 25.3. The Kier molecular flexibility index (Phi) is 4.68. The van der Waals surface area contributed by atoms with Crippen molar-refractivity contribution in [2.75, 3.05) is 24.3 Å². The van der Waals surface area contributed by atoms with Crippen molar-refractivity contribution in [2.24, 2.45) is 16.6 Å². The minimum absolute atomic E-state index is 0.0352. The summed E-state index contributed by atoms with van der Waals surface area (Å²) in [5.41, 5.74) is 6.18. The minimum Gasteiger partial charge on any atom is -0.381 e. The molecule has 1 saturated heterocycles. The van der Waals surface area contributed by atoms with Gasteiger partial charge in [-0.2, -0.15) is 0 Å². The fourth-order valence-electron chi connectivity index (χ4n) is 3.41. The molecule has 0 aliphatic carbocycles. The molecule has 26 heavy (non-hydrogen) atoms. The number of fused-ring (bicyclic) bond motifs is 1. The highest BCUT2D eigenvalue weighted by atomic mass is 32.2. The molecule has 2 aliphatic heterocycles. The number of thioether (sulfide) groups is 1. The molecule has 1 aromatic heterocycles. The van der Waals surface area contributed by atoms with Gasteiger partial charge < -0.3 is 15.8 Å². The number of hydrogen-bond donors (Lipinski definition) is 2. The maximum absolute atomic E-state index is 14.8. The molecule has 1 aromatic carbocycles. The van der Waals surface area contributed by atoms with Crippen molar-refractivity contribution in [3.63, 3.8) is 0 Å². The van der Waals surface area contributed by atoms with Crippen molar-refractivity contribution < 1.29 is 13.9 Å². The van der Waals surface area contributed by atoms with Gasteiger partial charge in [0.25, 0.3) is 5.91 Å². The first-order valence-electron chi connectivity index (χ1n) is 8.15. The predicted octanol–water partition coefficient (Wildman–Crippen LogP) is 2.83. The number of aromatic nitrogens is 1. The third kappa shape index (κ3) is 3.10. The summed E-state index contributed by atoms with van der Waals surface area (Å²) in [7, 11) is 0. The number of halogens is 1. The number of thiazole rings is 1. The van der Waals surface area contributed by atoms with Crippen molar-refractivity contribution in [1.29, 1.82) is 0 Å². The monoisotopic (exact) mass is 392 g/mol. The van der Waals surface area contributed by atoms with Gasteiger partial charge in [0.15, 0.2) is 10.2 Å². The lowest BCUT2D eigenvalue weighted by atomic mass is 9.75. The Morgan fingerprint density at radius 3 is 3.15 bits per heavy atom. The summed E-state index contributed by atoms with van der Waals surface area (Å²) >= 11 is 2.71. The van der Waals surface area contributed by atoms with Crippen molar-refractivity contribution in [3.05, 3.63) is 46.2 Å². The Labute approximate surface area is 158 Å². The van der Waals surface area contributed by atoms with Crippen LogP contribution >= 0.6 is 23.1 Å². The molecular formula is C17H17FN4O2S2. The van der Waals surface area contributed by atoms with Gasteiger partial charge in [0.05, 0.1) is 12.1 Å². The van der Waals surface area contributed by atoms with Crippen molar-refractivity contribution >= 4 is 39.9 Å². The molecule has 4 rings (SSSR count). The van der Waals surface area contributed by atoms with E-state index in [-0.39, 0.29) is 17.6 Å². The van der Waals surface area contributed by atoms with Crippen LogP contribution in [0, 0.1) is 11.7 Å². The molecule has 2 atom stereocenters. The van der Waals surface area contributed by atoms with E-state index in [0.717, 1.165) is 5.75 Å². The molecule has 2 aliphatic rings. The lowest BCUT2D eigenvalue weighted by Crippen LogP contribution is -2.47. The lowest BCUT2D eigenvalue weighted by Gasteiger charge is -2.44. The lowest BCUT2D eigenvalue weighted by molar-refractivity contribution is 0.00886. The number of carbonyl (C=O) groups is 1. The van der Waals surface area contributed by atoms with E-state index in [1.165, 1.54) is 29.2 Å². The fourth-order valence-corrected chi connectivity index (χ4v) is 4.91. The maximum Gasteiger partial charge on any atom is 0.284 e. The number of nitrogens with two attached hydrogens (primary N) is 1. The van der Waals surface area contributed by atoms with Crippen LogP contribution in [0.1, 0.15) is 21.8 Å². The third-order valence-electron chi connectivity index (χ3n) is 4.68. The quantitative estimate of drug-likeness (QED) is 0.838. The number of amidine groups is 1. The summed E-state index contributed by atoms with van der Waals surface area (Å²) < 4.78 is 20.4. The number of carbonyl (C=O) groups excluding carboxylic acids is 1. The van der Waals surface area contributed by atoms with E-state index < -0.39 is 5.54 Å². The molecule has 1 unspecified atom stereocenters. The first-order valence-corrected chi connectivity index (χ1v) is 10.0. The van der Waals surface area contributed by atoms with Gasteiger partial charge in [-0.25, -0.2) is 9.37 Å². The van der Waals surface area contributed by atoms with Gasteiger partial charge in [-0.15, -0.1) is 11.3 Å². The van der Waals surface area contributed by atoms with Crippen molar-refractivity contribution in [3.8, 4) is 0 Å². The molecule has 3 N–H and O–H groups in total. The van der Waals surface area contributed by atoms with E-state index >= 15 is 0 Å². The van der Waals surface area contributed by atoms with Crippen LogP contribution in [0.3, 0.4) is 0 Å². The van der Waals surface area contributed by atoms with Crippen LogP contribution in [-0.2, 0) is 10.3 Å². The molecule has 0 bridgehead atoms. The van der Waals surface area contributed by atoms with E-state index in [4.69, 9.17) is 10.5 Å². The first kappa shape index (κ1) is 17.4. The van der Waals surface area contributed by atoms with E-state index in [1.54, 1.807) is 23.7 Å². The zero-order valence-electron chi connectivity index (χ0n) is 13.8. The summed E-state index contributed by atoms with van der Waals surface area (Å²) in [6, 6.07) is 4.56. The average molecular weight is 392 g/mol. The van der Waals surface area contributed by atoms with Gasteiger partial charge in [-0.1, -0.05) is 11.8 Å². The Morgan fingerprint density at radius 2 is 2.35 bits per heavy atom. The molecule has 0 spiro atoms. The second-order valence-electron chi connectivity index (χ2n) is 6.19. The molecular weight excluding hydrogens is 375 g/mol. The second-order valence-corrected chi connectivity index (χ2v) is 8.13. The molecule has 9 heteroatoms. The highest BCUT2D eigenvalue weighted by Gasteiger charge is 2.47. The van der Waals surface area contributed by atoms with E-state index in [1.807, 2.05) is 0 Å². The summed E-state index contributed by atoms with van der Waals surface area (Å²) in [4.78, 5) is 20.9. The highest BCUT2D eigenvalue weighted by Crippen LogP contribution is 2.46. The summed E-state index contributed by atoms with van der Waals surface area (Å²) in [6.07, 6.45) is 2.12. The Morgan fingerprint density at radius 1 is 1.46 bits per heavy atom. The topological polar surface area (TPSA) is 89.6 Å². The number of nitrogens with one attached hydrogen (secondary N) is 1. The second kappa shape index (κ2) is 6.98. The Hall–Kier alpha value is -1.97. The maximum atomic E-state index is 14.8. The standard InChI is InChI=1S/C17H17FN4O2S2/c18-13-2-1-11(21-14(23)15-20-4-6-25-15)7-12(13)17-3-5-24-8-10(17)9-26-16(19)22-17/h1-2,4,6-7,10H,3,5,8-9H2,(H2,19,22)(H,21,23)/t10?,17-/m0/s1. The van der Waals surface area contributed by atoms with Crippen LogP contribution in [0.15, 0.2) is 34.8 Å². The van der Waals surface area contributed by atoms with E-state index in [0.29, 0.717) is 41.1 Å². The van der Waals surface area contributed by atoms with Crippen LogP contribution in [0.4, 0.5) is 10.1 Å². The molecule has 3 heterocycles. The number of rotatable bonds is 3. The molecule has 1 amide bonds. The summed E-state index contributed by atoms with van der Waals surface area (Å²) in [5, 5.41) is 5.32. The average Bonchev–Trinajstić information content (AvgIpc) is 3.18. The van der Waals surface area contributed by atoms with Crippen LogP contribution in [0.25, 0.3) is 0 Å².